The van der Waals surface area contributed by atoms with Gasteiger partial charge in [-0.15, -0.1) is 0 Å². The van der Waals surface area contributed by atoms with Gasteiger partial charge in [0.05, 0.1) is 30.6 Å². The van der Waals surface area contributed by atoms with Gasteiger partial charge in [0.15, 0.2) is 6.29 Å². The number of hydrogen-bond donors (Lipinski definition) is 2. The summed E-state index contributed by atoms with van der Waals surface area (Å²) >= 11 is 0. The molecule has 2 aromatic heterocycles. The Bertz CT molecular complexity index is 708. The summed E-state index contributed by atoms with van der Waals surface area (Å²) in [5.41, 5.74) is 2.89. The van der Waals surface area contributed by atoms with Gasteiger partial charge in [-0.2, -0.15) is 5.10 Å². The molecule has 2 aliphatic rings. The zero-order valence-corrected chi connectivity index (χ0v) is 14.0. The second-order valence-corrected chi connectivity index (χ2v) is 6.56. The molecule has 130 valence electrons. The average molecular weight is 334 g/mol. The molecule has 0 amide bonds. The predicted molar refractivity (Wildman–Crippen MR) is 83.2 cm³/mol. The molecular formula is C16H22N4O4. The van der Waals surface area contributed by atoms with E-state index in [2.05, 4.69) is 15.6 Å². The van der Waals surface area contributed by atoms with Crippen LogP contribution < -0.4 is 5.32 Å². The Labute approximate surface area is 139 Å². The molecule has 0 radical (unpaired) electrons. The topological polar surface area (TPSA) is 94.6 Å². The Kier molecular flexibility index (Phi) is 3.92. The van der Waals surface area contributed by atoms with Crippen LogP contribution in [-0.4, -0.2) is 51.2 Å². The average Bonchev–Trinajstić information content (AvgIpc) is 3.23. The van der Waals surface area contributed by atoms with Crippen molar-refractivity contribution in [1.29, 1.82) is 0 Å². The van der Waals surface area contributed by atoms with E-state index in [4.69, 9.17) is 14.0 Å². The van der Waals surface area contributed by atoms with E-state index in [9.17, 15) is 5.11 Å². The normalized spacial score (nSPS) is 32.4. The minimum Gasteiger partial charge on any atom is -0.389 e. The highest BCUT2D eigenvalue weighted by molar-refractivity contribution is 5.20. The molecule has 0 aromatic carbocycles. The summed E-state index contributed by atoms with van der Waals surface area (Å²) in [6, 6.07) is -0.633. The molecule has 2 bridgehead atoms. The van der Waals surface area contributed by atoms with Crippen molar-refractivity contribution in [2.75, 3.05) is 6.61 Å². The fraction of sp³-hybridized carbons (Fsp3) is 0.625. The summed E-state index contributed by atoms with van der Waals surface area (Å²) in [4.78, 5) is 0. The molecule has 8 nitrogen and oxygen atoms in total. The molecule has 4 heterocycles. The van der Waals surface area contributed by atoms with Gasteiger partial charge in [-0.3, -0.25) is 4.68 Å². The number of hydrogen-bond acceptors (Lipinski definition) is 7. The van der Waals surface area contributed by atoms with Crippen molar-refractivity contribution < 1.29 is 19.1 Å². The second-order valence-electron chi connectivity index (χ2n) is 6.56. The first kappa shape index (κ1) is 15.8. The number of fused-ring (bicyclic) bond motifs is 2. The second kappa shape index (κ2) is 5.96. The van der Waals surface area contributed by atoms with Gasteiger partial charge >= 0.3 is 0 Å². The Hall–Kier alpha value is -1.74. The van der Waals surface area contributed by atoms with Gasteiger partial charge in [0.1, 0.15) is 17.9 Å². The third kappa shape index (κ3) is 2.55. The maximum Gasteiger partial charge on any atom is 0.183 e. The first-order valence-electron chi connectivity index (χ1n) is 8.15. The molecule has 2 N–H and O–H groups in total. The number of nitrogens with one attached hydrogen (secondary N) is 1. The smallest absolute Gasteiger partial charge is 0.183 e. The zero-order chi connectivity index (χ0) is 16.8. The van der Waals surface area contributed by atoms with Crippen molar-refractivity contribution in [1.82, 2.24) is 20.3 Å². The summed E-state index contributed by atoms with van der Waals surface area (Å²) in [6.45, 7) is 6.77. The zero-order valence-electron chi connectivity index (χ0n) is 14.0. The summed E-state index contributed by atoms with van der Waals surface area (Å²) in [6.07, 6.45) is 2.33. The van der Waals surface area contributed by atoms with Gasteiger partial charge in [0.2, 0.25) is 0 Å². The first-order valence-corrected chi connectivity index (χ1v) is 8.15. The minimum absolute atomic E-state index is 0.182. The molecule has 0 unspecified atom stereocenters. The van der Waals surface area contributed by atoms with E-state index < -0.39 is 12.4 Å². The number of aromatic nitrogens is 3. The highest BCUT2D eigenvalue weighted by Crippen LogP contribution is 2.35. The van der Waals surface area contributed by atoms with Crippen LogP contribution in [0.4, 0.5) is 0 Å². The molecule has 24 heavy (non-hydrogen) atoms. The SMILES string of the molecule is Cc1cnn([C@H]2[C@@H]3OC[C@@H](O3)[C@@H](NCc3c(C)noc3C)[C@@H]2O)c1. The molecule has 4 rings (SSSR count). The Morgan fingerprint density at radius 1 is 1.38 bits per heavy atom. The lowest BCUT2D eigenvalue weighted by Gasteiger charge is -2.38. The molecule has 0 aliphatic carbocycles. The van der Waals surface area contributed by atoms with E-state index in [1.807, 2.05) is 27.0 Å². The van der Waals surface area contributed by atoms with Gasteiger partial charge in [-0.05, 0) is 26.3 Å². The quantitative estimate of drug-likeness (QED) is 0.846. The maximum atomic E-state index is 10.9. The molecule has 2 aromatic rings. The molecular weight excluding hydrogens is 312 g/mol. The van der Waals surface area contributed by atoms with Gasteiger partial charge in [-0.1, -0.05) is 5.16 Å². The number of rotatable bonds is 4. The van der Waals surface area contributed by atoms with E-state index in [1.165, 1.54) is 0 Å². The van der Waals surface area contributed by atoms with Crippen LogP contribution in [0.3, 0.4) is 0 Å². The van der Waals surface area contributed by atoms with E-state index in [1.54, 1.807) is 10.9 Å². The fourth-order valence-corrected chi connectivity index (χ4v) is 3.50. The molecule has 5 atom stereocenters. The van der Waals surface area contributed by atoms with Crippen LogP contribution in [0.25, 0.3) is 0 Å². The van der Waals surface area contributed by atoms with Crippen LogP contribution >= 0.6 is 0 Å². The van der Waals surface area contributed by atoms with Crippen molar-refractivity contribution in [3.8, 4) is 0 Å². The number of aliphatic hydroxyl groups excluding tert-OH is 1. The number of ether oxygens (including phenoxy) is 2. The highest BCUT2D eigenvalue weighted by atomic mass is 16.7. The standard InChI is InChI=1S/C16H22N4O4/c1-8-4-18-20(6-8)14-15(21)13(12-7-22-16(14)23-12)17-5-11-9(2)19-24-10(11)3/h4,6,12-17,21H,5,7H2,1-3H3/t12-,13-,14-,15+,16-/m1/s1. The van der Waals surface area contributed by atoms with Gasteiger partial charge in [-0.25, -0.2) is 0 Å². The van der Waals surface area contributed by atoms with Crippen LogP contribution in [0.2, 0.25) is 0 Å². The first-order chi connectivity index (χ1) is 11.5. The predicted octanol–water partition coefficient (Wildman–Crippen LogP) is 0.612. The summed E-state index contributed by atoms with van der Waals surface area (Å²) in [7, 11) is 0. The monoisotopic (exact) mass is 334 g/mol. The minimum atomic E-state index is -0.670. The van der Waals surface area contributed by atoms with Crippen LogP contribution in [0.5, 0.6) is 0 Å². The number of aliphatic hydroxyl groups is 1. The molecule has 0 saturated carbocycles. The molecule has 0 spiro atoms. The van der Waals surface area contributed by atoms with E-state index in [0.29, 0.717) is 13.2 Å². The molecule has 2 saturated heterocycles. The van der Waals surface area contributed by atoms with Crippen LogP contribution in [0, 0.1) is 20.8 Å². The molecule has 8 heteroatoms. The molecule has 2 aliphatic heterocycles. The van der Waals surface area contributed by atoms with Crippen LogP contribution in [-0.2, 0) is 16.0 Å². The van der Waals surface area contributed by atoms with E-state index in [-0.39, 0.29) is 18.2 Å². The van der Waals surface area contributed by atoms with Crippen molar-refractivity contribution in [2.45, 2.75) is 57.9 Å². The Balaban J connectivity index is 1.54. The maximum absolute atomic E-state index is 10.9. The number of nitrogens with zero attached hydrogens (tertiary/aromatic N) is 3. The van der Waals surface area contributed by atoms with Crippen molar-refractivity contribution in [2.24, 2.45) is 0 Å². The lowest BCUT2D eigenvalue weighted by molar-refractivity contribution is -0.168. The summed E-state index contributed by atoms with van der Waals surface area (Å²) in [5.74, 6) is 0.783. The lowest BCUT2D eigenvalue weighted by Crippen LogP contribution is -2.57. The van der Waals surface area contributed by atoms with E-state index in [0.717, 1.165) is 22.6 Å². The third-order valence-electron chi connectivity index (χ3n) is 4.86. The Morgan fingerprint density at radius 3 is 2.88 bits per heavy atom. The van der Waals surface area contributed by atoms with Crippen molar-refractivity contribution in [3.63, 3.8) is 0 Å². The molecule has 2 fully saturated rings. The Morgan fingerprint density at radius 2 is 2.21 bits per heavy atom. The largest absolute Gasteiger partial charge is 0.389 e. The third-order valence-corrected chi connectivity index (χ3v) is 4.86. The van der Waals surface area contributed by atoms with E-state index >= 15 is 0 Å². The summed E-state index contributed by atoms with van der Waals surface area (Å²) in [5, 5.41) is 22.6. The van der Waals surface area contributed by atoms with Crippen LogP contribution in [0.15, 0.2) is 16.9 Å². The van der Waals surface area contributed by atoms with Crippen molar-refractivity contribution in [3.05, 3.63) is 35.0 Å². The fourth-order valence-electron chi connectivity index (χ4n) is 3.50. The van der Waals surface area contributed by atoms with Gasteiger partial charge in [0.25, 0.3) is 0 Å². The van der Waals surface area contributed by atoms with Crippen molar-refractivity contribution >= 4 is 0 Å². The highest BCUT2D eigenvalue weighted by Gasteiger charge is 2.51. The number of aryl methyl sites for hydroxylation is 3. The lowest BCUT2D eigenvalue weighted by atomic mass is 9.95. The van der Waals surface area contributed by atoms with Gasteiger partial charge < -0.3 is 24.4 Å². The van der Waals surface area contributed by atoms with Crippen LogP contribution in [0.1, 0.15) is 28.6 Å². The van der Waals surface area contributed by atoms with Gasteiger partial charge in [0, 0.05) is 18.3 Å². The summed E-state index contributed by atoms with van der Waals surface area (Å²) < 4.78 is 18.6.